The van der Waals surface area contributed by atoms with E-state index < -0.39 is 0 Å². The van der Waals surface area contributed by atoms with Gasteiger partial charge < -0.3 is 9.88 Å². The molecule has 1 aliphatic rings. The second-order valence-corrected chi connectivity index (χ2v) is 6.10. The Balaban J connectivity index is 2.03. The van der Waals surface area contributed by atoms with Crippen molar-refractivity contribution in [3.63, 3.8) is 0 Å². The zero-order valence-electron chi connectivity index (χ0n) is 12.9. The minimum atomic E-state index is -0.311. The first-order valence-electron chi connectivity index (χ1n) is 8.18. The van der Waals surface area contributed by atoms with Crippen LogP contribution in [0.2, 0.25) is 0 Å². The lowest BCUT2D eigenvalue weighted by Gasteiger charge is -2.10. The fourth-order valence-electron chi connectivity index (χ4n) is 3.69. The molecule has 3 aromatic rings. The van der Waals surface area contributed by atoms with Crippen LogP contribution in [0.25, 0.3) is 21.8 Å². The topological polar surface area (TPSA) is 34.0 Å². The molecule has 0 bridgehead atoms. The highest BCUT2D eigenvalue weighted by atomic mass is 19.1. The molecule has 3 nitrogen and oxygen atoms in total. The van der Waals surface area contributed by atoms with Gasteiger partial charge in [-0.1, -0.05) is 18.2 Å². The van der Waals surface area contributed by atoms with Gasteiger partial charge in [-0.3, -0.25) is 9.18 Å². The lowest BCUT2D eigenvalue weighted by molar-refractivity contribution is -0.116. The zero-order chi connectivity index (χ0) is 15.8. The first kappa shape index (κ1) is 14.2. The van der Waals surface area contributed by atoms with Crippen LogP contribution in [0.3, 0.4) is 0 Å². The number of benzene rings is 2. The van der Waals surface area contributed by atoms with Crippen molar-refractivity contribution < 1.29 is 9.18 Å². The third-order valence-corrected chi connectivity index (χ3v) is 4.67. The molecule has 0 aliphatic carbocycles. The number of anilines is 1. The Kier molecular flexibility index (Phi) is 3.52. The fourth-order valence-corrected chi connectivity index (χ4v) is 3.69. The number of nitrogens with zero attached hydrogens (tertiary/aromatic N) is 1. The van der Waals surface area contributed by atoms with Crippen LogP contribution in [-0.2, 0) is 17.8 Å². The molecule has 1 N–H and O–H groups in total. The van der Waals surface area contributed by atoms with Crippen LogP contribution in [0.4, 0.5) is 10.1 Å². The first-order valence-corrected chi connectivity index (χ1v) is 8.18. The van der Waals surface area contributed by atoms with Crippen molar-refractivity contribution in [3.8, 4) is 0 Å². The number of nitrogens with one attached hydrogen (secondary N) is 1. The number of hydrogen-bond acceptors (Lipinski definition) is 1. The summed E-state index contributed by atoms with van der Waals surface area (Å²) >= 11 is 0. The predicted octanol–water partition coefficient (Wildman–Crippen LogP) is 4.43. The second kappa shape index (κ2) is 5.69. The number of para-hydroxylation sites is 1. The highest BCUT2D eigenvalue weighted by Gasteiger charge is 2.19. The Labute approximate surface area is 134 Å². The fraction of sp³-hybridized carbons (Fsp3) is 0.316. The smallest absolute Gasteiger partial charge is 0.224 e. The molecule has 0 atom stereocenters. The molecule has 1 aliphatic heterocycles. The van der Waals surface area contributed by atoms with Crippen LogP contribution in [0.5, 0.6) is 0 Å². The Hall–Kier alpha value is -2.36. The van der Waals surface area contributed by atoms with E-state index in [1.54, 1.807) is 0 Å². The van der Waals surface area contributed by atoms with Crippen LogP contribution in [0.1, 0.15) is 24.8 Å². The summed E-state index contributed by atoms with van der Waals surface area (Å²) < 4.78 is 14.9. The summed E-state index contributed by atoms with van der Waals surface area (Å²) in [6.45, 7) is 0.362. The van der Waals surface area contributed by atoms with Gasteiger partial charge in [-0.25, -0.2) is 0 Å². The van der Waals surface area contributed by atoms with Crippen molar-refractivity contribution >= 4 is 33.4 Å². The van der Waals surface area contributed by atoms with Gasteiger partial charge in [0.05, 0.1) is 6.67 Å². The Morgan fingerprint density at radius 2 is 1.96 bits per heavy atom. The minimum absolute atomic E-state index is 0.0873. The maximum Gasteiger partial charge on any atom is 0.224 e. The highest BCUT2D eigenvalue weighted by Crippen LogP contribution is 2.37. The van der Waals surface area contributed by atoms with E-state index in [1.807, 2.05) is 18.2 Å². The molecule has 1 aromatic heterocycles. The third-order valence-electron chi connectivity index (χ3n) is 4.67. The number of rotatable bonds is 3. The van der Waals surface area contributed by atoms with Gasteiger partial charge in [0, 0.05) is 40.5 Å². The van der Waals surface area contributed by atoms with Crippen molar-refractivity contribution in [2.24, 2.45) is 0 Å². The Morgan fingerprint density at radius 1 is 1.09 bits per heavy atom. The first-order chi connectivity index (χ1) is 11.3. The van der Waals surface area contributed by atoms with E-state index in [4.69, 9.17) is 0 Å². The van der Waals surface area contributed by atoms with Crippen molar-refractivity contribution in [2.75, 3.05) is 12.0 Å². The number of amides is 1. The van der Waals surface area contributed by atoms with Crippen molar-refractivity contribution in [1.29, 1.82) is 0 Å². The summed E-state index contributed by atoms with van der Waals surface area (Å²) in [4.78, 5) is 11.8. The quantitative estimate of drug-likeness (QED) is 0.763. The van der Waals surface area contributed by atoms with Crippen molar-refractivity contribution in [1.82, 2.24) is 4.57 Å². The van der Waals surface area contributed by atoms with Crippen molar-refractivity contribution in [2.45, 2.75) is 32.2 Å². The predicted molar refractivity (Wildman–Crippen MR) is 91.6 cm³/mol. The molecule has 2 aromatic carbocycles. The average Bonchev–Trinajstić information content (AvgIpc) is 2.75. The van der Waals surface area contributed by atoms with Gasteiger partial charge in [0.25, 0.3) is 0 Å². The normalized spacial score (nSPS) is 14.7. The molecule has 0 fully saturated rings. The maximum absolute atomic E-state index is 12.7. The van der Waals surface area contributed by atoms with Gasteiger partial charge in [0.1, 0.15) is 0 Å². The molecular weight excluding hydrogens is 291 g/mol. The monoisotopic (exact) mass is 310 g/mol. The maximum atomic E-state index is 12.7. The van der Waals surface area contributed by atoms with Gasteiger partial charge in [-0.05, 0) is 43.0 Å². The van der Waals surface area contributed by atoms with E-state index in [1.165, 1.54) is 16.3 Å². The molecule has 4 rings (SSSR count). The molecule has 2 heterocycles. The lowest BCUT2D eigenvalue weighted by atomic mass is 10.0. The summed E-state index contributed by atoms with van der Waals surface area (Å²) in [5.74, 6) is 0.0873. The Bertz CT molecular complexity index is 897. The zero-order valence-corrected chi connectivity index (χ0v) is 12.9. The molecule has 118 valence electrons. The number of hydrogen-bond donors (Lipinski definition) is 1. The SMILES string of the molecule is O=C1CCCc2c(ccc3c2c2ccccc2n3CCCF)N1. The molecule has 0 unspecified atom stereocenters. The van der Waals surface area contributed by atoms with E-state index in [0.29, 0.717) is 19.4 Å². The standard InChI is InChI=1S/C19H19FN2O/c20-11-4-12-22-16-7-2-1-5-14(16)19-13-6-3-8-18(23)21-15(13)9-10-17(19)22/h1-2,5,7,9-10H,3-4,6,8,11-12H2,(H,21,23). The summed E-state index contributed by atoms with van der Waals surface area (Å²) in [5.41, 5.74) is 4.41. The van der Waals surface area contributed by atoms with Crippen LogP contribution in [-0.4, -0.2) is 17.1 Å². The van der Waals surface area contributed by atoms with Gasteiger partial charge in [-0.2, -0.15) is 0 Å². The Morgan fingerprint density at radius 3 is 2.83 bits per heavy atom. The molecule has 4 heteroatoms. The lowest BCUT2D eigenvalue weighted by Crippen LogP contribution is -2.09. The summed E-state index contributed by atoms with van der Waals surface area (Å²) in [5, 5.41) is 5.42. The third kappa shape index (κ3) is 2.29. The minimum Gasteiger partial charge on any atom is -0.340 e. The van der Waals surface area contributed by atoms with E-state index in [2.05, 4.69) is 28.1 Å². The number of halogens is 1. The van der Waals surface area contributed by atoms with Gasteiger partial charge >= 0.3 is 0 Å². The van der Waals surface area contributed by atoms with Gasteiger partial charge in [0.15, 0.2) is 0 Å². The molecule has 0 saturated carbocycles. The number of carbonyl (C=O) groups is 1. The molecule has 1 amide bonds. The molecular formula is C19H19FN2O. The average molecular weight is 310 g/mol. The van der Waals surface area contributed by atoms with Crippen molar-refractivity contribution in [3.05, 3.63) is 42.0 Å². The molecule has 23 heavy (non-hydrogen) atoms. The van der Waals surface area contributed by atoms with Gasteiger partial charge in [0.2, 0.25) is 5.91 Å². The molecule has 0 spiro atoms. The largest absolute Gasteiger partial charge is 0.340 e. The summed E-state index contributed by atoms with van der Waals surface area (Å²) in [6, 6.07) is 12.3. The van der Waals surface area contributed by atoms with E-state index >= 15 is 0 Å². The number of fused-ring (bicyclic) bond motifs is 5. The van der Waals surface area contributed by atoms with Gasteiger partial charge in [-0.15, -0.1) is 0 Å². The second-order valence-electron chi connectivity index (χ2n) is 6.10. The van der Waals surface area contributed by atoms with Crippen LogP contribution >= 0.6 is 0 Å². The van der Waals surface area contributed by atoms with E-state index in [9.17, 15) is 9.18 Å². The summed E-state index contributed by atoms with van der Waals surface area (Å²) in [7, 11) is 0. The van der Waals surface area contributed by atoms with E-state index in [0.717, 1.165) is 29.6 Å². The number of alkyl halides is 1. The van der Waals surface area contributed by atoms with Crippen LogP contribution in [0.15, 0.2) is 36.4 Å². The van der Waals surface area contributed by atoms with Crippen LogP contribution < -0.4 is 5.32 Å². The highest BCUT2D eigenvalue weighted by molar-refractivity contribution is 6.12. The van der Waals surface area contributed by atoms with Crippen LogP contribution in [0, 0.1) is 0 Å². The number of aromatic nitrogens is 1. The molecule has 0 radical (unpaired) electrons. The summed E-state index contributed by atoms with van der Waals surface area (Å²) in [6.07, 6.45) is 2.84. The van der Waals surface area contributed by atoms with E-state index in [-0.39, 0.29) is 12.6 Å². The number of carbonyl (C=O) groups excluding carboxylic acids is 1. The number of aryl methyl sites for hydroxylation is 2. The molecule has 0 saturated heterocycles.